The van der Waals surface area contributed by atoms with Gasteiger partial charge in [0.15, 0.2) is 0 Å². The van der Waals surface area contributed by atoms with E-state index >= 15 is 0 Å². The summed E-state index contributed by atoms with van der Waals surface area (Å²) in [5, 5.41) is 0. The van der Waals surface area contributed by atoms with E-state index in [0.717, 1.165) is 5.57 Å². The smallest absolute Gasteiger partial charge is 0.0271 e. The van der Waals surface area contributed by atoms with E-state index in [1.807, 2.05) is 18.2 Å². The fraction of sp³-hybridized carbons (Fsp3) is 0.556. The van der Waals surface area contributed by atoms with Gasteiger partial charge in [-0.2, -0.15) is 0 Å². The molecule has 0 aliphatic heterocycles. The first-order chi connectivity index (χ1) is 13.0. The molecule has 0 rings (SSSR count). The maximum absolute atomic E-state index is 4.23. The lowest BCUT2D eigenvalue weighted by Gasteiger charge is -2.11. The normalized spacial score (nSPS) is 12.9. The minimum absolute atomic E-state index is 1.15. The van der Waals surface area contributed by atoms with Crippen molar-refractivity contribution in [1.82, 2.24) is 0 Å². The molecule has 152 valence electrons. The first-order valence-electron chi connectivity index (χ1n) is 11.0. The van der Waals surface area contributed by atoms with Crippen LogP contribution in [0, 0.1) is 0 Å². The highest BCUT2D eigenvalue weighted by atomic mass is 14.1. The third-order valence-corrected chi connectivity index (χ3v) is 5.30. The van der Waals surface area contributed by atoms with Gasteiger partial charge >= 0.3 is 0 Å². The van der Waals surface area contributed by atoms with Crippen LogP contribution in [0.4, 0.5) is 0 Å². The summed E-state index contributed by atoms with van der Waals surface area (Å²) < 4.78 is 0. The predicted molar refractivity (Wildman–Crippen MR) is 126 cm³/mol. The van der Waals surface area contributed by atoms with Gasteiger partial charge in [0, 0.05) is 0 Å². The molecule has 0 aliphatic carbocycles. The Balaban J connectivity index is 3.74. The number of unbranched alkanes of at least 4 members (excludes halogenated alkanes) is 9. The quantitative estimate of drug-likeness (QED) is 0.136. The molecular formula is C27H44. The summed E-state index contributed by atoms with van der Waals surface area (Å²) in [6.07, 6.45) is 26.2. The summed E-state index contributed by atoms with van der Waals surface area (Å²) in [7, 11) is 0. The molecule has 0 spiro atoms. The second-order valence-electron chi connectivity index (χ2n) is 7.67. The molecule has 0 heterocycles. The Kier molecular flexibility index (Phi) is 16.8. The molecule has 0 aliphatic rings. The van der Waals surface area contributed by atoms with Gasteiger partial charge in [-0.15, -0.1) is 6.58 Å². The molecule has 0 saturated heterocycles. The second kappa shape index (κ2) is 17.8. The van der Waals surface area contributed by atoms with Gasteiger partial charge in [0.05, 0.1) is 0 Å². The van der Waals surface area contributed by atoms with Crippen molar-refractivity contribution in [3.05, 3.63) is 72.4 Å². The Labute approximate surface area is 170 Å². The van der Waals surface area contributed by atoms with Gasteiger partial charge in [-0.3, -0.25) is 0 Å². The van der Waals surface area contributed by atoms with Crippen molar-refractivity contribution in [3.63, 3.8) is 0 Å². The van der Waals surface area contributed by atoms with E-state index in [4.69, 9.17) is 0 Å². The fourth-order valence-electron chi connectivity index (χ4n) is 3.16. The Morgan fingerprint density at radius 3 is 1.78 bits per heavy atom. The van der Waals surface area contributed by atoms with Gasteiger partial charge in [-0.05, 0) is 88.9 Å². The number of hydrogen-bond acceptors (Lipinski definition) is 0. The molecule has 27 heavy (non-hydrogen) atoms. The zero-order valence-electron chi connectivity index (χ0n) is 18.5. The lowest BCUT2D eigenvalue weighted by molar-refractivity contribution is 0.621. The molecule has 0 aromatic heterocycles. The summed E-state index contributed by atoms with van der Waals surface area (Å²) in [5.74, 6) is 0. The van der Waals surface area contributed by atoms with Crippen LogP contribution in [-0.4, -0.2) is 0 Å². The first-order valence-corrected chi connectivity index (χ1v) is 11.0. The van der Waals surface area contributed by atoms with Crippen LogP contribution in [0.25, 0.3) is 0 Å². The van der Waals surface area contributed by atoms with Crippen molar-refractivity contribution < 1.29 is 0 Å². The summed E-state index contributed by atoms with van der Waals surface area (Å²) in [6.45, 7) is 18.3. The monoisotopic (exact) mass is 368 g/mol. The molecule has 0 aromatic carbocycles. The van der Waals surface area contributed by atoms with Crippen LogP contribution in [-0.2, 0) is 0 Å². The van der Waals surface area contributed by atoms with Crippen molar-refractivity contribution >= 4 is 0 Å². The predicted octanol–water partition coefficient (Wildman–Crippen LogP) is 9.43. The maximum Gasteiger partial charge on any atom is -0.0271 e. The molecular weight excluding hydrogens is 324 g/mol. The Hall–Kier alpha value is -1.56. The Morgan fingerprint density at radius 2 is 1.22 bits per heavy atom. The summed E-state index contributed by atoms with van der Waals surface area (Å²) in [6, 6.07) is 0. The van der Waals surface area contributed by atoms with Crippen molar-refractivity contribution in [2.45, 2.75) is 97.8 Å². The Bertz CT molecular complexity index is 510. The zero-order chi connectivity index (χ0) is 20.3. The summed E-state index contributed by atoms with van der Waals surface area (Å²) >= 11 is 0. The SMILES string of the molecule is C=C/C=C(/C)C(=C)/C(C)=C(\C)CCCCCC=CCCCCCCCC=C. The van der Waals surface area contributed by atoms with Crippen LogP contribution in [0.15, 0.2) is 72.4 Å². The maximum atomic E-state index is 4.23. The third kappa shape index (κ3) is 14.2. The first kappa shape index (κ1) is 25.4. The van der Waals surface area contributed by atoms with E-state index < -0.39 is 0 Å². The van der Waals surface area contributed by atoms with Crippen LogP contribution in [0.5, 0.6) is 0 Å². The zero-order valence-corrected chi connectivity index (χ0v) is 18.5. The fourth-order valence-corrected chi connectivity index (χ4v) is 3.16. The van der Waals surface area contributed by atoms with Crippen molar-refractivity contribution in [1.29, 1.82) is 0 Å². The minimum Gasteiger partial charge on any atom is -0.103 e. The van der Waals surface area contributed by atoms with Gasteiger partial charge in [0.25, 0.3) is 0 Å². The lowest BCUT2D eigenvalue weighted by Crippen LogP contribution is -1.91. The number of allylic oxidation sites excluding steroid dienone is 9. The molecule has 0 N–H and O–H groups in total. The van der Waals surface area contributed by atoms with Gasteiger partial charge in [-0.1, -0.05) is 74.8 Å². The topological polar surface area (TPSA) is 0 Å². The van der Waals surface area contributed by atoms with Crippen LogP contribution in [0.3, 0.4) is 0 Å². The molecule has 0 saturated carbocycles. The molecule has 0 fully saturated rings. The Morgan fingerprint density at radius 1 is 0.704 bits per heavy atom. The molecule has 0 radical (unpaired) electrons. The van der Waals surface area contributed by atoms with Crippen molar-refractivity contribution in [2.75, 3.05) is 0 Å². The largest absolute Gasteiger partial charge is 0.103 e. The second-order valence-corrected chi connectivity index (χ2v) is 7.67. The highest BCUT2D eigenvalue weighted by Gasteiger charge is 2.03. The lowest BCUT2D eigenvalue weighted by atomic mass is 9.95. The van der Waals surface area contributed by atoms with Crippen molar-refractivity contribution in [2.24, 2.45) is 0 Å². The highest BCUT2D eigenvalue weighted by Crippen LogP contribution is 2.23. The van der Waals surface area contributed by atoms with Crippen LogP contribution in [0.2, 0.25) is 0 Å². The van der Waals surface area contributed by atoms with Gasteiger partial charge < -0.3 is 0 Å². The molecule has 0 amide bonds. The van der Waals surface area contributed by atoms with E-state index in [2.05, 4.69) is 52.7 Å². The molecule has 0 unspecified atom stereocenters. The van der Waals surface area contributed by atoms with Crippen molar-refractivity contribution in [3.8, 4) is 0 Å². The average Bonchev–Trinajstić information content (AvgIpc) is 2.67. The molecule has 0 aromatic rings. The molecule has 0 atom stereocenters. The van der Waals surface area contributed by atoms with Gasteiger partial charge in [0.2, 0.25) is 0 Å². The third-order valence-electron chi connectivity index (χ3n) is 5.30. The van der Waals surface area contributed by atoms with Crippen LogP contribution >= 0.6 is 0 Å². The van der Waals surface area contributed by atoms with E-state index in [1.165, 1.54) is 93.8 Å². The highest BCUT2D eigenvalue weighted by molar-refractivity contribution is 5.45. The number of rotatable bonds is 17. The van der Waals surface area contributed by atoms with Crippen LogP contribution in [0.1, 0.15) is 97.8 Å². The van der Waals surface area contributed by atoms with Gasteiger partial charge in [-0.25, -0.2) is 0 Å². The average molecular weight is 369 g/mol. The van der Waals surface area contributed by atoms with E-state index in [-0.39, 0.29) is 0 Å². The summed E-state index contributed by atoms with van der Waals surface area (Å²) in [4.78, 5) is 0. The van der Waals surface area contributed by atoms with E-state index in [1.54, 1.807) is 0 Å². The molecule has 0 bridgehead atoms. The standard InChI is InChI=1S/C27H44/c1-7-9-10-11-12-13-14-15-16-17-18-19-20-21-23-25(4)27(6)26(5)24(3)22-8-2/h7-8,16-17,22H,1-2,5,9-15,18-21,23H2,3-4,6H3/b17-16?,24-22-,27-25+. The molecule has 0 heteroatoms. The van der Waals surface area contributed by atoms with E-state index in [9.17, 15) is 0 Å². The van der Waals surface area contributed by atoms with E-state index in [0.29, 0.717) is 0 Å². The molecule has 0 nitrogen and oxygen atoms in total. The number of hydrogen-bond donors (Lipinski definition) is 0. The minimum atomic E-state index is 1.15. The summed E-state index contributed by atoms with van der Waals surface area (Å²) in [5.41, 5.74) is 5.18. The van der Waals surface area contributed by atoms with Gasteiger partial charge in [0.1, 0.15) is 0 Å². The van der Waals surface area contributed by atoms with Crippen LogP contribution < -0.4 is 0 Å².